The minimum Gasteiger partial charge on any atom is -0.377 e. The van der Waals surface area contributed by atoms with E-state index in [1.54, 1.807) is 12.1 Å². The zero-order chi connectivity index (χ0) is 24.0. The van der Waals surface area contributed by atoms with Crippen molar-refractivity contribution in [1.29, 1.82) is 0 Å². The van der Waals surface area contributed by atoms with Gasteiger partial charge in [0.15, 0.2) is 0 Å². The van der Waals surface area contributed by atoms with Crippen LogP contribution in [0.2, 0.25) is 0 Å². The Bertz CT molecular complexity index is 968. The highest BCUT2D eigenvalue weighted by Crippen LogP contribution is 2.30. The molecule has 5 nitrogen and oxygen atoms in total. The van der Waals surface area contributed by atoms with Crippen LogP contribution in [0.4, 0.5) is 15.8 Å². The number of rotatable bonds is 8. The van der Waals surface area contributed by atoms with E-state index in [1.807, 2.05) is 55.9 Å². The zero-order valence-electron chi connectivity index (χ0n) is 20.2. The van der Waals surface area contributed by atoms with Crippen molar-refractivity contribution in [2.45, 2.75) is 65.0 Å². The van der Waals surface area contributed by atoms with Crippen LogP contribution in [0.25, 0.3) is 0 Å². The van der Waals surface area contributed by atoms with Crippen molar-refractivity contribution < 1.29 is 14.0 Å². The molecule has 2 aromatic rings. The Labute approximate surface area is 197 Å². The monoisotopic (exact) mass is 453 g/mol. The van der Waals surface area contributed by atoms with E-state index in [0.29, 0.717) is 18.5 Å². The molecule has 0 aromatic heterocycles. The molecule has 2 amide bonds. The molecule has 33 heavy (non-hydrogen) atoms. The predicted molar refractivity (Wildman–Crippen MR) is 132 cm³/mol. The van der Waals surface area contributed by atoms with Crippen LogP contribution in [0.15, 0.2) is 42.5 Å². The lowest BCUT2D eigenvalue weighted by Crippen LogP contribution is -2.41. The van der Waals surface area contributed by atoms with Gasteiger partial charge in [-0.25, -0.2) is 4.39 Å². The van der Waals surface area contributed by atoms with Gasteiger partial charge in [0.2, 0.25) is 5.91 Å². The second-order valence-corrected chi connectivity index (χ2v) is 9.62. The molecule has 1 aliphatic rings. The van der Waals surface area contributed by atoms with Crippen molar-refractivity contribution in [1.82, 2.24) is 4.90 Å². The number of halogens is 1. The van der Waals surface area contributed by atoms with E-state index >= 15 is 0 Å². The molecular formula is C27H36FN3O2. The molecule has 0 aliphatic heterocycles. The number of nitrogens with one attached hydrogen (secondary N) is 1. The molecule has 0 saturated heterocycles. The van der Waals surface area contributed by atoms with Crippen LogP contribution >= 0.6 is 0 Å². The molecule has 1 fully saturated rings. The molecule has 6 heteroatoms. The molecule has 0 atom stereocenters. The van der Waals surface area contributed by atoms with Crippen LogP contribution in [0, 0.1) is 11.7 Å². The van der Waals surface area contributed by atoms with Crippen LogP contribution in [0.3, 0.4) is 0 Å². The Kier molecular flexibility index (Phi) is 8.48. The second-order valence-electron chi connectivity index (χ2n) is 9.62. The largest absolute Gasteiger partial charge is 0.377 e. The zero-order valence-corrected chi connectivity index (χ0v) is 20.2. The Hall–Kier alpha value is -2.89. The van der Waals surface area contributed by atoms with Gasteiger partial charge in [-0.3, -0.25) is 9.59 Å². The highest BCUT2D eigenvalue weighted by Gasteiger charge is 2.27. The number of amides is 2. The van der Waals surface area contributed by atoms with Crippen molar-refractivity contribution >= 4 is 23.2 Å². The summed E-state index contributed by atoms with van der Waals surface area (Å²) in [4.78, 5) is 29.8. The molecule has 0 spiro atoms. The summed E-state index contributed by atoms with van der Waals surface area (Å²) in [5, 5.41) is 2.99. The standard InChI is InChI=1S/C27H36FN3O2/c1-19(2)15-26(32)29-23-13-14-25(30(3)4)21(17-23)18-31(24-11-6-5-7-12-24)27(33)20-9-8-10-22(28)16-20/h8-10,13-14,16-17,19,24H,5-7,11-12,15,18H2,1-4H3,(H,29,32). The average molecular weight is 454 g/mol. The number of hydrogen-bond acceptors (Lipinski definition) is 3. The molecule has 1 aliphatic carbocycles. The maximum atomic E-state index is 13.9. The van der Waals surface area contributed by atoms with Gasteiger partial charge in [0, 0.05) is 50.0 Å². The van der Waals surface area contributed by atoms with Gasteiger partial charge >= 0.3 is 0 Å². The smallest absolute Gasteiger partial charge is 0.254 e. The molecule has 0 radical (unpaired) electrons. The van der Waals surface area contributed by atoms with Crippen molar-refractivity contribution in [2.24, 2.45) is 5.92 Å². The average Bonchev–Trinajstić information content (AvgIpc) is 2.77. The van der Waals surface area contributed by atoms with E-state index < -0.39 is 5.82 Å². The summed E-state index contributed by atoms with van der Waals surface area (Å²) in [5.41, 5.74) is 3.04. The molecule has 1 saturated carbocycles. The Balaban J connectivity index is 1.93. The third-order valence-electron chi connectivity index (χ3n) is 6.13. The fraction of sp³-hybridized carbons (Fsp3) is 0.481. The third kappa shape index (κ3) is 6.80. The highest BCUT2D eigenvalue weighted by atomic mass is 19.1. The lowest BCUT2D eigenvalue weighted by atomic mass is 9.93. The normalized spacial score (nSPS) is 14.2. The summed E-state index contributed by atoms with van der Waals surface area (Å²) in [6, 6.07) is 11.9. The summed E-state index contributed by atoms with van der Waals surface area (Å²) in [7, 11) is 3.93. The van der Waals surface area contributed by atoms with E-state index in [2.05, 4.69) is 5.32 Å². The number of carbonyl (C=O) groups is 2. The molecule has 0 heterocycles. The summed E-state index contributed by atoms with van der Waals surface area (Å²) in [6.07, 6.45) is 5.70. The summed E-state index contributed by atoms with van der Waals surface area (Å²) in [6.45, 7) is 4.43. The fourth-order valence-electron chi connectivity index (χ4n) is 4.54. The summed E-state index contributed by atoms with van der Waals surface area (Å²) >= 11 is 0. The lowest BCUT2D eigenvalue weighted by molar-refractivity contribution is -0.116. The third-order valence-corrected chi connectivity index (χ3v) is 6.13. The van der Waals surface area contributed by atoms with Gasteiger partial charge in [0.1, 0.15) is 5.82 Å². The maximum absolute atomic E-state index is 13.9. The van der Waals surface area contributed by atoms with E-state index in [0.717, 1.165) is 42.6 Å². The van der Waals surface area contributed by atoms with Gasteiger partial charge in [-0.15, -0.1) is 0 Å². The van der Waals surface area contributed by atoms with E-state index in [4.69, 9.17) is 0 Å². The molecule has 2 aromatic carbocycles. The quantitative estimate of drug-likeness (QED) is 0.545. The maximum Gasteiger partial charge on any atom is 0.254 e. The summed E-state index contributed by atoms with van der Waals surface area (Å²) in [5.74, 6) is -0.307. The number of anilines is 2. The van der Waals surface area contributed by atoms with Crippen LogP contribution in [0.5, 0.6) is 0 Å². The Morgan fingerprint density at radius 2 is 1.79 bits per heavy atom. The van der Waals surface area contributed by atoms with Gasteiger partial charge in [-0.05, 0) is 60.7 Å². The van der Waals surface area contributed by atoms with E-state index in [1.165, 1.54) is 18.6 Å². The van der Waals surface area contributed by atoms with Crippen molar-refractivity contribution in [3.8, 4) is 0 Å². The van der Waals surface area contributed by atoms with Crippen molar-refractivity contribution in [3.63, 3.8) is 0 Å². The molecular weight excluding hydrogens is 417 g/mol. The van der Waals surface area contributed by atoms with Gasteiger partial charge in [0.05, 0.1) is 0 Å². The lowest BCUT2D eigenvalue weighted by Gasteiger charge is -2.35. The first-order valence-corrected chi connectivity index (χ1v) is 11.9. The van der Waals surface area contributed by atoms with Crippen LogP contribution in [0.1, 0.15) is 68.3 Å². The molecule has 1 N–H and O–H groups in total. The fourth-order valence-corrected chi connectivity index (χ4v) is 4.54. The number of nitrogens with zero attached hydrogens (tertiary/aromatic N) is 2. The number of carbonyl (C=O) groups excluding carboxylic acids is 2. The molecule has 3 rings (SSSR count). The van der Waals surface area contributed by atoms with Crippen molar-refractivity contribution in [2.75, 3.05) is 24.3 Å². The first-order valence-electron chi connectivity index (χ1n) is 11.9. The van der Waals surface area contributed by atoms with E-state index in [9.17, 15) is 14.0 Å². The predicted octanol–water partition coefficient (Wildman–Crippen LogP) is 5.85. The number of hydrogen-bond donors (Lipinski definition) is 1. The van der Waals surface area contributed by atoms with Crippen LogP contribution < -0.4 is 10.2 Å². The minimum absolute atomic E-state index is 0.0199. The first kappa shape index (κ1) is 24.7. The van der Waals surface area contributed by atoms with Gasteiger partial charge in [0.25, 0.3) is 5.91 Å². The number of benzene rings is 2. The van der Waals surface area contributed by atoms with Crippen LogP contribution in [-0.4, -0.2) is 36.9 Å². The second kappa shape index (κ2) is 11.3. The Morgan fingerprint density at radius 1 is 1.06 bits per heavy atom. The summed E-state index contributed by atoms with van der Waals surface area (Å²) < 4.78 is 13.9. The highest BCUT2D eigenvalue weighted by molar-refractivity contribution is 5.94. The first-order chi connectivity index (χ1) is 15.7. The van der Waals surface area contributed by atoms with E-state index in [-0.39, 0.29) is 23.8 Å². The van der Waals surface area contributed by atoms with Gasteiger partial charge in [-0.1, -0.05) is 39.2 Å². The SMILES string of the molecule is CC(C)CC(=O)Nc1ccc(N(C)C)c(CN(C(=O)c2cccc(F)c2)C2CCCCC2)c1. The minimum atomic E-state index is -0.409. The molecule has 178 valence electrons. The molecule has 0 unspecified atom stereocenters. The Morgan fingerprint density at radius 3 is 2.42 bits per heavy atom. The van der Waals surface area contributed by atoms with Crippen LogP contribution in [-0.2, 0) is 11.3 Å². The van der Waals surface area contributed by atoms with Crippen molar-refractivity contribution in [3.05, 3.63) is 59.4 Å². The van der Waals surface area contributed by atoms with Gasteiger partial charge < -0.3 is 15.1 Å². The molecule has 0 bridgehead atoms. The van der Waals surface area contributed by atoms with Gasteiger partial charge in [-0.2, -0.15) is 0 Å². The topological polar surface area (TPSA) is 52.7 Å².